The third-order valence-corrected chi connectivity index (χ3v) is 9.17. The van der Waals surface area contributed by atoms with E-state index in [-0.39, 0.29) is 45.5 Å². The van der Waals surface area contributed by atoms with E-state index >= 15 is 0 Å². The third kappa shape index (κ3) is 9.65. The highest BCUT2D eigenvalue weighted by molar-refractivity contribution is 7.89. The summed E-state index contributed by atoms with van der Waals surface area (Å²) in [6, 6.07) is 10.7. The Morgan fingerprint density at radius 2 is 1.68 bits per heavy atom. The van der Waals surface area contributed by atoms with E-state index < -0.39 is 16.0 Å². The van der Waals surface area contributed by atoms with Crippen LogP contribution in [0, 0.1) is 0 Å². The molecule has 0 spiro atoms. The molecule has 8 nitrogen and oxygen atoms in total. The van der Waals surface area contributed by atoms with Gasteiger partial charge in [0.2, 0.25) is 10.0 Å². The predicted molar refractivity (Wildman–Crippen MR) is 165 cm³/mol. The van der Waals surface area contributed by atoms with Crippen LogP contribution in [0.25, 0.3) is 0 Å². The zero-order valence-corrected chi connectivity index (χ0v) is 27.1. The van der Waals surface area contributed by atoms with Crippen LogP contribution < -0.4 is 14.8 Å². The van der Waals surface area contributed by atoms with Crippen LogP contribution in [0.5, 0.6) is 5.75 Å². The summed E-state index contributed by atoms with van der Waals surface area (Å²) in [7, 11) is -2.59. The molecule has 2 N–H and O–H groups in total. The fraction of sp³-hybridized carbons (Fsp3) is 0.516. The zero-order valence-electron chi connectivity index (χ0n) is 25.5. The standard InChI is InChI=1S/C31H45ClN2O6S/c1-9-30(4,5)22-13-16-27(24(19-22)31(6,7)10-2)40-18-12-17-33-41(36,37)23-14-15-25(32)26(20-23)34-28(39-11-3)21-29(35)38-8/h13-16,19-21,33-34H,9-12,17-18H2,1-8H3/b28-21-. The van der Waals surface area contributed by atoms with Crippen LogP contribution in [0.15, 0.2) is 53.3 Å². The van der Waals surface area contributed by atoms with Crippen molar-refractivity contribution in [1.29, 1.82) is 0 Å². The lowest BCUT2D eigenvalue weighted by Crippen LogP contribution is -2.26. The van der Waals surface area contributed by atoms with E-state index in [0.717, 1.165) is 30.2 Å². The van der Waals surface area contributed by atoms with Crippen molar-refractivity contribution in [3.8, 4) is 5.75 Å². The van der Waals surface area contributed by atoms with Crippen molar-refractivity contribution in [1.82, 2.24) is 4.72 Å². The lowest BCUT2D eigenvalue weighted by molar-refractivity contribution is -0.135. The maximum Gasteiger partial charge on any atom is 0.335 e. The molecule has 2 aromatic carbocycles. The molecule has 0 aliphatic heterocycles. The van der Waals surface area contributed by atoms with Crippen LogP contribution in [0.3, 0.4) is 0 Å². The Balaban J connectivity index is 2.10. The molecule has 0 unspecified atom stereocenters. The minimum Gasteiger partial charge on any atom is -0.493 e. The van der Waals surface area contributed by atoms with Gasteiger partial charge in [-0.05, 0) is 66.8 Å². The number of carbonyl (C=O) groups is 1. The molecule has 2 rings (SSSR count). The summed E-state index contributed by atoms with van der Waals surface area (Å²) in [4.78, 5) is 11.7. The number of hydrogen-bond acceptors (Lipinski definition) is 7. The molecule has 2 aromatic rings. The first-order valence-corrected chi connectivity index (χ1v) is 15.8. The second-order valence-electron chi connectivity index (χ2n) is 11.0. The van der Waals surface area contributed by atoms with Crippen molar-refractivity contribution in [2.45, 2.75) is 83.5 Å². The lowest BCUT2D eigenvalue weighted by atomic mass is 9.76. The van der Waals surface area contributed by atoms with Crippen molar-refractivity contribution in [2.24, 2.45) is 0 Å². The highest BCUT2D eigenvalue weighted by atomic mass is 35.5. The van der Waals surface area contributed by atoms with Gasteiger partial charge in [-0.25, -0.2) is 17.9 Å². The first kappa shape index (κ1) is 34.5. The molecule has 0 radical (unpaired) electrons. The Morgan fingerprint density at radius 1 is 1.00 bits per heavy atom. The quantitative estimate of drug-likeness (QED) is 0.0922. The topological polar surface area (TPSA) is 103 Å². The normalized spacial score (nSPS) is 12.7. The number of ether oxygens (including phenoxy) is 3. The number of sulfonamides is 1. The number of nitrogens with one attached hydrogen (secondary N) is 2. The van der Waals surface area contributed by atoms with Gasteiger partial charge in [-0.3, -0.25) is 0 Å². The second kappa shape index (κ2) is 14.9. The van der Waals surface area contributed by atoms with Gasteiger partial charge in [0.25, 0.3) is 0 Å². The molecule has 228 valence electrons. The van der Waals surface area contributed by atoms with Crippen LogP contribution in [-0.4, -0.2) is 41.3 Å². The average molecular weight is 609 g/mol. The van der Waals surface area contributed by atoms with Crippen LogP contribution in [-0.2, 0) is 35.1 Å². The minimum atomic E-state index is -3.84. The molecule has 0 saturated heterocycles. The predicted octanol–water partition coefficient (Wildman–Crippen LogP) is 6.93. The van der Waals surface area contributed by atoms with E-state index in [9.17, 15) is 13.2 Å². The monoisotopic (exact) mass is 608 g/mol. The smallest absolute Gasteiger partial charge is 0.335 e. The molecule has 0 saturated carbocycles. The number of hydrogen-bond donors (Lipinski definition) is 2. The Kier molecular flexibility index (Phi) is 12.5. The largest absolute Gasteiger partial charge is 0.493 e. The van der Waals surface area contributed by atoms with Gasteiger partial charge in [0.1, 0.15) is 5.75 Å². The van der Waals surface area contributed by atoms with Crippen molar-refractivity contribution in [3.05, 3.63) is 64.5 Å². The average Bonchev–Trinajstić information content (AvgIpc) is 2.93. The number of rotatable bonds is 16. The number of benzene rings is 2. The van der Waals surface area contributed by atoms with E-state index in [1.807, 2.05) is 6.07 Å². The van der Waals surface area contributed by atoms with Crippen LogP contribution >= 0.6 is 11.6 Å². The van der Waals surface area contributed by atoms with Gasteiger partial charge in [-0.1, -0.05) is 65.3 Å². The summed E-state index contributed by atoms with van der Waals surface area (Å²) in [5.41, 5.74) is 2.71. The highest BCUT2D eigenvalue weighted by Gasteiger charge is 2.26. The number of carbonyl (C=O) groups excluding carboxylic acids is 1. The van der Waals surface area contributed by atoms with Crippen molar-refractivity contribution < 1.29 is 27.4 Å². The number of methoxy groups -OCH3 is 1. The summed E-state index contributed by atoms with van der Waals surface area (Å²) in [6.45, 7) is 15.8. The maximum absolute atomic E-state index is 13.0. The van der Waals surface area contributed by atoms with Crippen LogP contribution in [0.4, 0.5) is 5.69 Å². The molecule has 41 heavy (non-hydrogen) atoms. The molecule has 10 heteroatoms. The van der Waals surface area contributed by atoms with Crippen molar-refractivity contribution in [3.63, 3.8) is 0 Å². The SMILES string of the molecule is CCO/C(=C\C(=O)OC)Nc1cc(S(=O)(=O)NCCCOc2ccc(C(C)(C)CC)cc2C(C)(C)CC)ccc1Cl. The number of halogens is 1. The zero-order chi connectivity index (χ0) is 30.8. The Labute approximate surface area is 250 Å². The number of anilines is 1. The van der Waals surface area contributed by atoms with E-state index in [1.54, 1.807) is 6.92 Å². The Morgan fingerprint density at radius 3 is 2.29 bits per heavy atom. The lowest BCUT2D eigenvalue weighted by Gasteiger charge is -2.30. The molecule has 0 heterocycles. The summed E-state index contributed by atoms with van der Waals surface area (Å²) in [5.74, 6) is 0.280. The van der Waals surface area contributed by atoms with Gasteiger partial charge in [-0.2, -0.15) is 0 Å². The number of esters is 1. The van der Waals surface area contributed by atoms with E-state index in [2.05, 4.69) is 68.5 Å². The molecule has 0 fully saturated rings. The molecular weight excluding hydrogens is 564 g/mol. The Bertz CT molecular complexity index is 1320. The molecule has 0 aromatic heterocycles. The van der Waals surface area contributed by atoms with Gasteiger partial charge in [0.15, 0.2) is 5.88 Å². The molecule has 0 aliphatic rings. The third-order valence-electron chi connectivity index (χ3n) is 7.38. The second-order valence-corrected chi connectivity index (χ2v) is 13.2. The maximum atomic E-state index is 13.0. The molecule has 0 bridgehead atoms. The minimum absolute atomic E-state index is 0.0142. The first-order valence-electron chi connectivity index (χ1n) is 14.0. The van der Waals surface area contributed by atoms with Crippen LogP contribution in [0.1, 0.15) is 78.9 Å². The van der Waals surface area contributed by atoms with E-state index in [0.29, 0.717) is 13.0 Å². The summed E-state index contributed by atoms with van der Waals surface area (Å²) in [6.07, 6.45) is 3.58. The molecular formula is C31H45ClN2O6S. The van der Waals surface area contributed by atoms with E-state index in [1.165, 1.54) is 30.9 Å². The molecule has 0 aliphatic carbocycles. The van der Waals surface area contributed by atoms with Gasteiger partial charge >= 0.3 is 5.97 Å². The first-order chi connectivity index (χ1) is 19.2. The van der Waals surface area contributed by atoms with Gasteiger partial charge in [-0.15, -0.1) is 0 Å². The van der Waals surface area contributed by atoms with Gasteiger partial charge in [0, 0.05) is 12.1 Å². The fourth-order valence-electron chi connectivity index (χ4n) is 3.88. The van der Waals surface area contributed by atoms with Crippen molar-refractivity contribution >= 4 is 33.3 Å². The summed E-state index contributed by atoms with van der Waals surface area (Å²) < 4.78 is 44.8. The van der Waals surface area contributed by atoms with E-state index in [4.69, 9.17) is 21.1 Å². The van der Waals surface area contributed by atoms with Gasteiger partial charge in [0.05, 0.1) is 42.0 Å². The van der Waals surface area contributed by atoms with Crippen molar-refractivity contribution in [2.75, 3.05) is 32.2 Å². The van der Waals surface area contributed by atoms with Crippen LogP contribution in [0.2, 0.25) is 5.02 Å². The molecule has 0 atom stereocenters. The molecule has 0 amide bonds. The van der Waals surface area contributed by atoms with Gasteiger partial charge < -0.3 is 19.5 Å². The summed E-state index contributed by atoms with van der Waals surface area (Å²) in [5, 5.41) is 3.11. The fourth-order valence-corrected chi connectivity index (χ4v) is 5.14. The summed E-state index contributed by atoms with van der Waals surface area (Å²) >= 11 is 6.27. The Hall–Kier alpha value is -2.75. The highest BCUT2D eigenvalue weighted by Crippen LogP contribution is 2.38.